The Morgan fingerprint density at radius 1 is 1.30 bits per heavy atom. The van der Waals surface area contributed by atoms with Crippen molar-refractivity contribution in [3.63, 3.8) is 0 Å². The molecule has 0 heterocycles. The first-order valence-electron chi connectivity index (χ1n) is 7.07. The molecule has 1 N–H and O–H groups in total. The van der Waals surface area contributed by atoms with Crippen molar-refractivity contribution in [3.05, 3.63) is 24.3 Å². The van der Waals surface area contributed by atoms with Gasteiger partial charge >= 0.3 is 0 Å². The van der Waals surface area contributed by atoms with Gasteiger partial charge in [-0.25, -0.2) is 8.42 Å². The van der Waals surface area contributed by atoms with Crippen molar-refractivity contribution < 1.29 is 18.3 Å². The number of hydrogen-bond acceptors (Lipinski definition) is 4. The quantitative estimate of drug-likeness (QED) is 0.928. The lowest BCUT2D eigenvalue weighted by Crippen LogP contribution is -2.58. The lowest BCUT2D eigenvalue weighted by molar-refractivity contribution is -0.152. The van der Waals surface area contributed by atoms with Crippen LogP contribution in [0.2, 0.25) is 0 Å². The predicted octanol–water partition coefficient (Wildman–Crippen LogP) is 2.16. The summed E-state index contributed by atoms with van der Waals surface area (Å²) in [4.78, 5) is 0.273. The number of aliphatic hydroxyl groups excluding tert-OH is 1. The minimum atomic E-state index is -3.22. The normalized spacial score (nSPS) is 28.3. The fraction of sp³-hybridized carbons (Fsp3) is 0.600. The second kappa shape index (κ2) is 4.74. The minimum Gasteiger partial charge on any atom is -0.490 e. The first-order valence-corrected chi connectivity index (χ1v) is 8.96. The largest absolute Gasteiger partial charge is 0.490 e. The highest BCUT2D eigenvalue weighted by molar-refractivity contribution is 7.90. The zero-order valence-electron chi connectivity index (χ0n) is 11.6. The SMILES string of the molecule is CS(=O)(=O)c1cccc(OC2CC(O)C23CCCC3)c1. The lowest BCUT2D eigenvalue weighted by Gasteiger charge is -2.51. The van der Waals surface area contributed by atoms with Crippen LogP contribution < -0.4 is 4.74 Å². The van der Waals surface area contributed by atoms with Gasteiger partial charge in [-0.05, 0) is 31.0 Å². The summed E-state index contributed by atoms with van der Waals surface area (Å²) in [6.45, 7) is 0. The average Bonchev–Trinajstić information content (AvgIpc) is 2.90. The summed E-state index contributed by atoms with van der Waals surface area (Å²) >= 11 is 0. The van der Waals surface area contributed by atoms with Gasteiger partial charge in [0.15, 0.2) is 9.84 Å². The topological polar surface area (TPSA) is 63.6 Å². The molecule has 0 saturated heterocycles. The third-order valence-corrected chi connectivity index (χ3v) is 5.90. The van der Waals surface area contributed by atoms with Crippen LogP contribution in [0.25, 0.3) is 0 Å². The van der Waals surface area contributed by atoms with E-state index in [1.54, 1.807) is 24.3 Å². The monoisotopic (exact) mass is 296 g/mol. The van der Waals surface area contributed by atoms with Crippen molar-refractivity contribution in [2.24, 2.45) is 5.41 Å². The smallest absolute Gasteiger partial charge is 0.175 e. The van der Waals surface area contributed by atoms with Gasteiger partial charge in [0.05, 0.1) is 11.0 Å². The molecule has 1 aromatic carbocycles. The number of benzene rings is 1. The molecule has 0 aliphatic heterocycles. The molecule has 2 saturated carbocycles. The molecule has 2 atom stereocenters. The molecular weight excluding hydrogens is 276 g/mol. The van der Waals surface area contributed by atoms with Gasteiger partial charge in [-0.15, -0.1) is 0 Å². The summed E-state index contributed by atoms with van der Waals surface area (Å²) in [5.74, 6) is 0.580. The number of hydrogen-bond donors (Lipinski definition) is 1. The van der Waals surface area contributed by atoms with Crippen molar-refractivity contribution in [3.8, 4) is 5.75 Å². The summed E-state index contributed by atoms with van der Waals surface area (Å²) in [6.07, 6.45) is 5.86. The van der Waals surface area contributed by atoms with Crippen LogP contribution in [0.15, 0.2) is 29.2 Å². The Kier molecular flexibility index (Phi) is 3.29. The second-order valence-electron chi connectivity index (χ2n) is 6.05. The van der Waals surface area contributed by atoms with E-state index in [9.17, 15) is 13.5 Å². The Labute approximate surface area is 119 Å². The van der Waals surface area contributed by atoms with E-state index in [0.717, 1.165) is 25.7 Å². The summed E-state index contributed by atoms with van der Waals surface area (Å²) in [7, 11) is -3.22. The van der Waals surface area contributed by atoms with Crippen LogP contribution in [0.1, 0.15) is 32.1 Å². The Morgan fingerprint density at radius 2 is 2.00 bits per heavy atom. The molecule has 1 aromatic rings. The maximum absolute atomic E-state index is 11.6. The van der Waals surface area contributed by atoms with Crippen molar-refractivity contribution >= 4 is 9.84 Å². The van der Waals surface area contributed by atoms with E-state index in [-0.39, 0.29) is 22.5 Å². The maximum atomic E-state index is 11.6. The predicted molar refractivity (Wildman–Crippen MR) is 75.5 cm³/mol. The third-order valence-electron chi connectivity index (χ3n) is 4.79. The fourth-order valence-corrected chi connectivity index (χ4v) is 4.18. The molecule has 0 amide bonds. The van der Waals surface area contributed by atoms with Gasteiger partial charge in [-0.2, -0.15) is 0 Å². The highest BCUT2D eigenvalue weighted by Crippen LogP contribution is 2.54. The highest BCUT2D eigenvalue weighted by Gasteiger charge is 2.57. The zero-order valence-corrected chi connectivity index (χ0v) is 12.4. The Morgan fingerprint density at radius 3 is 2.60 bits per heavy atom. The number of aliphatic hydroxyl groups is 1. The van der Waals surface area contributed by atoms with Gasteiger partial charge in [0.2, 0.25) is 0 Å². The molecule has 0 bridgehead atoms. The van der Waals surface area contributed by atoms with Crippen molar-refractivity contribution in [2.75, 3.05) is 6.26 Å². The van der Waals surface area contributed by atoms with Crippen molar-refractivity contribution in [2.45, 2.75) is 49.2 Å². The Bertz CT molecular complexity index is 602. The summed E-state index contributed by atoms with van der Waals surface area (Å²) < 4.78 is 29.1. The molecule has 2 aliphatic rings. The highest BCUT2D eigenvalue weighted by atomic mass is 32.2. The molecule has 2 fully saturated rings. The zero-order chi connectivity index (χ0) is 14.4. The van der Waals surface area contributed by atoms with Gasteiger partial charge in [0.25, 0.3) is 0 Å². The van der Waals surface area contributed by atoms with Crippen molar-refractivity contribution in [1.29, 1.82) is 0 Å². The lowest BCUT2D eigenvalue weighted by atomic mass is 9.62. The fourth-order valence-electron chi connectivity index (χ4n) is 3.52. The molecular formula is C15H20O4S. The number of rotatable bonds is 3. The molecule has 110 valence electrons. The average molecular weight is 296 g/mol. The molecule has 2 unspecified atom stereocenters. The summed E-state index contributed by atoms with van der Waals surface area (Å²) in [5.41, 5.74) is -0.0961. The molecule has 3 rings (SSSR count). The van der Waals surface area contributed by atoms with Gasteiger partial charge in [0.1, 0.15) is 11.9 Å². The van der Waals surface area contributed by atoms with Crippen LogP contribution in [0, 0.1) is 5.41 Å². The Balaban J connectivity index is 1.79. The van der Waals surface area contributed by atoms with Crippen LogP contribution in [0.3, 0.4) is 0 Å². The van der Waals surface area contributed by atoms with Crippen molar-refractivity contribution in [1.82, 2.24) is 0 Å². The van der Waals surface area contributed by atoms with Crippen LogP contribution in [-0.4, -0.2) is 32.0 Å². The van der Waals surface area contributed by atoms with Crippen LogP contribution in [-0.2, 0) is 9.84 Å². The summed E-state index contributed by atoms with van der Waals surface area (Å²) in [6, 6.07) is 6.62. The van der Waals surface area contributed by atoms with E-state index in [2.05, 4.69) is 0 Å². The Hall–Kier alpha value is -1.07. The van der Waals surface area contributed by atoms with E-state index in [4.69, 9.17) is 4.74 Å². The van der Waals surface area contributed by atoms with Gasteiger partial charge in [-0.1, -0.05) is 18.9 Å². The van der Waals surface area contributed by atoms with Gasteiger partial charge in [0, 0.05) is 18.1 Å². The molecule has 2 aliphatic carbocycles. The van der Waals surface area contributed by atoms with E-state index < -0.39 is 9.84 Å². The summed E-state index contributed by atoms with van der Waals surface area (Å²) in [5, 5.41) is 10.1. The second-order valence-corrected chi connectivity index (χ2v) is 8.06. The molecule has 1 spiro atoms. The van der Waals surface area contributed by atoms with E-state index in [1.807, 2.05) is 0 Å². The standard InChI is InChI=1S/C15H20O4S/c1-20(17,18)12-6-4-5-11(9-12)19-14-10-13(16)15(14)7-2-3-8-15/h4-6,9,13-14,16H,2-3,7-8,10H2,1H3. The van der Waals surface area contributed by atoms with Gasteiger partial charge < -0.3 is 9.84 Å². The molecule has 20 heavy (non-hydrogen) atoms. The van der Waals surface area contributed by atoms with E-state index in [1.165, 1.54) is 6.26 Å². The number of ether oxygens (including phenoxy) is 1. The maximum Gasteiger partial charge on any atom is 0.175 e. The molecule has 4 nitrogen and oxygen atoms in total. The number of sulfone groups is 1. The van der Waals surface area contributed by atoms with E-state index in [0.29, 0.717) is 12.2 Å². The van der Waals surface area contributed by atoms with Crippen LogP contribution >= 0.6 is 0 Å². The minimum absolute atomic E-state index is 0.00908. The van der Waals surface area contributed by atoms with E-state index >= 15 is 0 Å². The first kappa shape index (κ1) is 13.9. The molecule has 5 heteroatoms. The van der Waals surface area contributed by atoms with Crippen LogP contribution in [0.4, 0.5) is 0 Å². The van der Waals surface area contributed by atoms with Crippen LogP contribution in [0.5, 0.6) is 5.75 Å². The first-order chi connectivity index (χ1) is 9.42. The third kappa shape index (κ3) is 2.23. The van der Waals surface area contributed by atoms with Gasteiger partial charge in [-0.3, -0.25) is 0 Å². The molecule has 0 aromatic heterocycles. The molecule has 0 radical (unpaired) electrons.